The summed E-state index contributed by atoms with van der Waals surface area (Å²) in [6, 6.07) is 13.6. The molecule has 4 aromatic rings. The van der Waals surface area contributed by atoms with Crippen molar-refractivity contribution in [2.45, 2.75) is 26.2 Å². The fourth-order valence-corrected chi connectivity index (χ4v) is 4.77. The third kappa shape index (κ3) is 4.70. The first-order valence-corrected chi connectivity index (χ1v) is 11.8. The Kier molecular flexibility index (Phi) is 7.03. The first-order chi connectivity index (χ1) is 16.4. The number of pyridine rings is 1. The number of benzene rings is 2. The van der Waals surface area contributed by atoms with E-state index in [4.69, 9.17) is 9.47 Å². The molecule has 2 aromatic carbocycles. The third-order valence-electron chi connectivity index (χ3n) is 5.69. The SMILES string of the molecule is CCc1cc(C(=O)CCC(=O)c2ccc(OC)c(OC)c2)nc(-c2csc3c(F)cccc23)c1. The van der Waals surface area contributed by atoms with Crippen LogP contribution in [0.3, 0.4) is 0 Å². The molecule has 0 aliphatic heterocycles. The highest BCUT2D eigenvalue weighted by molar-refractivity contribution is 7.17. The molecule has 0 unspecified atom stereocenters. The number of ketones is 2. The second-order valence-corrected chi connectivity index (χ2v) is 8.66. The minimum atomic E-state index is -0.273. The Morgan fingerprint density at radius 1 is 0.971 bits per heavy atom. The van der Waals surface area contributed by atoms with Gasteiger partial charge in [-0.15, -0.1) is 11.3 Å². The molecule has 0 radical (unpaired) electrons. The summed E-state index contributed by atoms with van der Waals surface area (Å²) in [5.41, 5.74) is 3.14. The highest BCUT2D eigenvalue weighted by Gasteiger charge is 2.17. The number of ether oxygens (including phenoxy) is 2. The van der Waals surface area contributed by atoms with Gasteiger partial charge < -0.3 is 9.47 Å². The van der Waals surface area contributed by atoms with Crippen LogP contribution in [0, 0.1) is 5.82 Å². The Hall–Kier alpha value is -3.58. The first kappa shape index (κ1) is 23.6. The molecule has 0 atom stereocenters. The van der Waals surface area contributed by atoms with E-state index in [1.807, 2.05) is 24.4 Å². The standard InChI is InChI=1S/C27H24FNO4S/c1-4-16-12-21(19-15-34-27-18(19)6-5-7-20(27)28)29-22(13-16)24(31)10-9-23(30)17-8-11-25(32-2)26(14-17)33-3/h5-8,11-15H,4,9-10H2,1-3H3. The summed E-state index contributed by atoms with van der Waals surface area (Å²) in [5, 5.41) is 2.64. The van der Waals surface area contributed by atoms with E-state index in [9.17, 15) is 14.0 Å². The number of carbonyl (C=O) groups excluding carboxylic acids is 2. The van der Waals surface area contributed by atoms with E-state index in [-0.39, 0.29) is 30.2 Å². The van der Waals surface area contributed by atoms with E-state index in [0.717, 1.165) is 22.9 Å². The highest BCUT2D eigenvalue weighted by Crippen LogP contribution is 2.35. The minimum absolute atomic E-state index is 0.0335. The van der Waals surface area contributed by atoms with Gasteiger partial charge in [-0.2, -0.15) is 0 Å². The predicted octanol–water partition coefficient (Wildman–Crippen LogP) is 6.53. The van der Waals surface area contributed by atoms with Crippen LogP contribution in [-0.2, 0) is 6.42 Å². The molecule has 5 nitrogen and oxygen atoms in total. The van der Waals surface area contributed by atoms with Crippen molar-refractivity contribution in [2.75, 3.05) is 14.2 Å². The van der Waals surface area contributed by atoms with Crippen LogP contribution in [0.15, 0.2) is 53.9 Å². The van der Waals surface area contributed by atoms with Gasteiger partial charge in [0.25, 0.3) is 0 Å². The lowest BCUT2D eigenvalue weighted by Crippen LogP contribution is -2.08. The monoisotopic (exact) mass is 477 g/mol. The summed E-state index contributed by atoms with van der Waals surface area (Å²) in [5.74, 6) is 0.340. The van der Waals surface area contributed by atoms with E-state index >= 15 is 0 Å². The molecular formula is C27H24FNO4S. The van der Waals surface area contributed by atoms with Crippen molar-refractivity contribution in [1.82, 2.24) is 4.98 Å². The Balaban J connectivity index is 1.57. The van der Waals surface area contributed by atoms with Gasteiger partial charge in [0, 0.05) is 34.7 Å². The summed E-state index contributed by atoms with van der Waals surface area (Å²) in [7, 11) is 3.03. The quantitative estimate of drug-likeness (QED) is 0.257. The van der Waals surface area contributed by atoms with E-state index in [1.54, 1.807) is 30.3 Å². The molecule has 0 saturated carbocycles. The maximum absolute atomic E-state index is 14.2. The molecule has 0 fully saturated rings. The number of halogens is 1. The molecule has 2 heterocycles. The predicted molar refractivity (Wildman–Crippen MR) is 132 cm³/mol. The number of rotatable bonds is 9. The molecule has 174 valence electrons. The molecule has 2 aromatic heterocycles. The average Bonchev–Trinajstić information content (AvgIpc) is 3.31. The van der Waals surface area contributed by atoms with Crippen molar-refractivity contribution in [3.8, 4) is 22.8 Å². The Morgan fingerprint density at radius 2 is 1.74 bits per heavy atom. The normalized spacial score (nSPS) is 10.9. The van der Waals surface area contributed by atoms with Gasteiger partial charge in [-0.25, -0.2) is 9.37 Å². The maximum atomic E-state index is 14.2. The smallest absolute Gasteiger partial charge is 0.181 e. The number of Topliss-reactive ketones (excluding diaryl/α,β-unsaturated/α-hetero) is 2. The zero-order valence-electron chi connectivity index (χ0n) is 19.2. The van der Waals surface area contributed by atoms with Crippen LogP contribution in [0.25, 0.3) is 21.3 Å². The lowest BCUT2D eigenvalue weighted by atomic mass is 10.0. The lowest BCUT2D eigenvalue weighted by molar-refractivity contribution is 0.0915. The van der Waals surface area contributed by atoms with Gasteiger partial charge in [0.05, 0.1) is 24.6 Å². The molecule has 0 aliphatic carbocycles. The van der Waals surface area contributed by atoms with Crippen molar-refractivity contribution in [1.29, 1.82) is 0 Å². The summed E-state index contributed by atoms with van der Waals surface area (Å²) in [6.45, 7) is 2.00. The van der Waals surface area contributed by atoms with Gasteiger partial charge in [-0.1, -0.05) is 19.1 Å². The van der Waals surface area contributed by atoms with Crippen LogP contribution < -0.4 is 9.47 Å². The fourth-order valence-electron chi connectivity index (χ4n) is 3.80. The van der Waals surface area contributed by atoms with Crippen LogP contribution in [0.1, 0.15) is 46.2 Å². The average molecular weight is 478 g/mol. The number of methoxy groups -OCH3 is 2. The van der Waals surface area contributed by atoms with E-state index < -0.39 is 0 Å². The number of carbonyl (C=O) groups is 2. The molecule has 0 N–H and O–H groups in total. The van der Waals surface area contributed by atoms with Gasteiger partial charge in [-0.3, -0.25) is 9.59 Å². The van der Waals surface area contributed by atoms with Gasteiger partial charge in [0.15, 0.2) is 23.1 Å². The number of aromatic nitrogens is 1. The van der Waals surface area contributed by atoms with Crippen LogP contribution >= 0.6 is 11.3 Å². The second kappa shape index (κ2) is 10.1. The van der Waals surface area contributed by atoms with Crippen LogP contribution in [0.5, 0.6) is 11.5 Å². The highest BCUT2D eigenvalue weighted by atomic mass is 32.1. The van der Waals surface area contributed by atoms with Crippen LogP contribution in [0.2, 0.25) is 0 Å². The Labute approximate surface area is 201 Å². The number of fused-ring (bicyclic) bond motifs is 1. The molecule has 0 bridgehead atoms. The number of thiophene rings is 1. The number of nitrogens with zero attached hydrogens (tertiary/aromatic N) is 1. The van der Waals surface area contributed by atoms with Gasteiger partial charge in [0.1, 0.15) is 11.5 Å². The molecule has 34 heavy (non-hydrogen) atoms. The summed E-state index contributed by atoms with van der Waals surface area (Å²) < 4.78 is 25.2. The molecule has 0 spiro atoms. The summed E-state index contributed by atoms with van der Waals surface area (Å²) >= 11 is 1.32. The van der Waals surface area contributed by atoms with Gasteiger partial charge in [-0.05, 0) is 48.4 Å². The molecule has 7 heteroatoms. The van der Waals surface area contributed by atoms with Crippen molar-refractivity contribution in [3.05, 3.63) is 76.5 Å². The minimum Gasteiger partial charge on any atom is -0.493 e. The summed E-state index contributed by atoms with van der Waals surface area (Å²) in [6.07, 6.45) is 0.802. The molecular weight excluding hydrogens is 453 g/mol. The topological polar surface area (TPSA) is 65.5 Å². The zero-order valence-corrected chi connectivity index (χ0v) is 20.0. The number of hydrogen-bond acceptors (Lipinski definition) is 6. The largest absolute Gasteiger partial charge is 0.493 e. The Morgan fingerprint density at radius 3 is 2.47 bits per heavy atom. The number of hydrogen-bond donors (Lipinski definition) is 0. The van der Waals surface area contributed by atoms with E-state index in [2.05, 4.69) is 4.98 Å². The van der Waals surface area contributed by atoms with Gasteiger partial charge >= 0.3 is 0 Å². The van der Waals surface area contributed by atoms with Gasteiger partial charge in [0.2, 0.25) is 0 Å². The molecule has 4 rings (SSSR count). The first-order valence-electron chi connectivity index (χ1n) is 10.9. The fraction of sp³-hybridized carbons (Fsp3) is 0.222. The second-order valence-electron chi connectivity index (χ2n) is 7.78. The molecule has 0 saturated heterocycles. The summed E-state index contributed by atoms with van der Waals surface area (Å²) in [4.78, 5) is 30.3. The third-order valence-corrected chi connectivity index (χ3v) is 6.70. The van der Waals surface area contributed by atoms with Crippen molar-refractivity contribution in [3.63, 3.8) is 0 Å². The van der Waals surface area contributed by atoms with Crippen LogP contribution in [-0.4, -0.2) is 30.8 Å². The maximum Gasteiger partial charge on any atom is 0.181 e. The molecule has 0 aliphatic rings. The van der Waals surface area contributed by atoms with Crippen molar-refractivity contribution >= 4 is 33.0 Å². The zero-order chi connectivity index (χ0) is 24.2. The Bertz CT molecular complexity index is 1380. The molecule has 0 amide bonds. The van der Waals surface area contributed by atoms with E-state index in [0.29, 0.717) is 33.2 Å². The number of aryl methyl sites for hydroxylation is 1. The van der Waals surface area contributed by atoms with E-state index in [1.165, 1.54) is 31.6 Å². The van der Waals surface area contributed by atoms with Crippen molar-refractivity contribution in [2.24, 2.45) is 0 Å². The van der Waals surface area contributed by atoms with Crippen LogP contribution in [0.4, 0.5) is 4.39 Å². The lowest BCUT2D eigenvalue weighted by Gasteiger charge is -2.09. The van der Waals surface area contributed by atoms with Crippen molar-refractivity contribution < 1.29 is 23.5 Å².